The van der Waals surface area contributed by atoms with E-state index in [1.54, 1.807) is 0 Å². The zero-order valence-electron chi connectivity index (χ0n) is 15.5. The number of hydrogen-bond donors (Lipinski definition) is 0. The Morgan fingerprint density at radius 3 is 1.60 bits per heavy atom. The minimum absolute atomic E-state index is 0.0795. The number of aromatic nitrogens is 2. The van der Waals surface area contributed by atoms with E-state index in [-0.39, 0.29) is 17.3 Å². The van der Waals surface area contributed by atoms with Crippen LogP contribution in [0.4, 0.5) is 21.7 Å². The number of rotatable bonds is 3. The van der Waals surface area contributed by atoms with E-state index in [1.807, 2.05) is 0 Å². The molecule has 130 valence electrons. The van der Waals surface area contributed by atoms with Crippen molar-refractivity contribution in [2.45, 2.75) is 21.4 Å². The predicted molar refractivity (Wildman–Crippen MR) is 117 cm³/mol. The molecular weight excluding hydrogens is 376 g/mol. The first-order valence-electron chi connectivity index (χ1n) is 8.29. The van der Waals surface area contributed by atoms with E-state index >= 15 is 0 Å². The number of piperazine rings is 1. The predicted octanol–water partition coefficient (Wildman–Crippen LogP) is -2.19. The van der Waals surface area contributed by atoms with Crippen LogP contribution in [-0.2, 0) is 0 Å². The molecule has 3 rings (SSSR count). The Bertz CT molecular complexity index is 945. The summed E-state index contributed by atoms with van der Waals surface area (Å²) in [7, 11) is 50.0. The second-order valence-corrected chi connectivity index (χ2v) is 6.95. The zero-order valence-corrected chi connectivity index (χ0v) is 15.5. The average molecular weight is 382 g/mol. The molecule has 1 saturated heterocycles. The fourth-order valence-corrected chi connectivity index (χ4v) is 3.23. The highest BCUT2D eigenvalue weighted by molar-refractivity contribution is 6.64. The van der Waals surface area contributed by atoms with Gasteiger partial charge in [0.1, 0.15) is 0 Å². The minimum Gasteiger partial charge on any atom is -0.393 e. The van der Waals surface area contributed by atoms with E-state index < -0.39 is 32.1 Å². The van der Waals surface area contributed by atoms with Gasteiger partial charge in [0.2, 0.25) is 5.95 Å². The van der Waals surface area contributed by atoms with Crippen LogP contribution in [0.5, 0.6) is 0 Å². The Morgan fingerprint density at radius 2 is 1.20 bits per heavy atom. The minimum atomic E-state index is -2.33. The fraction of sp³-hybridized carbons (Fsp3) is 0.286. The summed E-state index contributed by atoms with van der Waals surface area (Å²) in [5, 5.41) is 1.67. The summed E-state index contributed by atoms with van der Waals surface area (Å²) in [4.78, 5) is 19.6. The molecule has 0 aliphatic carbocycles. The van der Waals surface area contributed by atoms with Crippen molar-refractivity contribution in [3.8, 4) is 0 Å². The topological polar surface area (TPSA) is 75.4 Å². The van der Waals surface area contributed by atoms with Gasteiger partial charge in [-0.05, 0) is 33.5 Å². The smallest absolute Gasteiger partial charge is 0.269 e. The van der Waals surface area contributed by atoms with Crippen LogP contribution < -0.4 is 9.80 Å². The molecule has 0 N–H and O–H groups in total. The average Bonchev–Trinajstić information content (AvgIpc) is 2.62. The number of non-ortho nitro benzene ring substituents is 1. The first-order chi connectivity index (χ1) is 13.7. The number of benzene rings is 1. The van der Waals surface area contributed by atoms with Crippen molar-refractivity contribution in [1.29, 1.82) is 0 Å². The van der Waals surface area contributed by atoms with Crippen LogP contribution >= 0.6 is 0 Å². The largest absolute Gasteiger partial charge is 0.393 e. The molecule has 1 aliphatic heterocycles. The summed E-state index contributed by atoms with van der Waals surface area (Å²) in [5.41, 5.74) is -0.147. The maximum atomic E-state index is 13.3. The van der Waals surface area contributed by atoms with Gasteiger partial charge in [0.05, 0.1) is 80.1 Å². The van der Waals surface area contributed by atoms with Crippen LogP contribution in [0.1, 0.15) is 0 Å². The molecule has 2 aromatic rings. The van der Waals surface area contributed by atoms with Gasteiger partial charge in [0.25, 0.3) is 5.69 Å². The second-order valence-electron chi connectivity index (χ2n) is 6.95. The van der Waals surface area contributed by atoms with Crippen LogP contribution in [0.15, 0.2) is 36.7 Å². The standard InChI is InChI=1S/C14H6B8FN5O2/c15-11(16)13(19,20)27(10-24-5-7(23)6-25-10)14(21,22)12(17,18)26(11)8-1-3-9(4-2-8)28(29)30/h1-6H. The molecule has 0 unspecified atom stereocenters. The molecule has 1 fully saturated rings. The van der Waals surface area contributed by atoms with Gasteiger partial charge in [-0.15, -0.1) is 0 Å². The van der Waals surface area contributed by atoms with Gasteiger partial charge in [-0.25, -0.2) is 14.4 Å². The van der Waals surface area contributed by atoms with Crippen molar-refractivity contribution in [1.82, 2.24) is 9.97 Å². The van der Waals surface area contributed by atoms with Gasteiger partial charge in [-0.3, -0.25) is 10.1 Å². The third-order valence-corrected chi connectivity index (χ3v) is 4.89. The number of nitro groups is 1. The van der Waals surface area contributed by atoms with Crippen LogP contribution in [0.25, 0.3) is 0 Å². The third kappa shape index (κ3) is 3.06. The monoisotopic (exact) mass is 383 g/mol. The van der Waals surface area contributed by atoms with E-state index in [0.717, 1.165) is 34.3 Å². The molecular formula is C14H6B8FN5O2. The number of halogens is 1. The lowest BCUT2D eigenvalue weighted by Gasteiger charge is -2.76. The second kappa shape index (κ2) is 6.89. The van der Waals surface area contributed by atoms with Gasteiger partial charge in [-0.2, -0.15) is 0 Å². The van der Waals surface area contributed by atoms with E-state index in [0.29, 0.717) is 0 Å². The van der Waals surface area contributed by atoms with Gasteiger partial charge < -0.3 is 9.80 Å². The first-order valence-corrected chi connectivity index (χ1v) is 8.29. The number of anilines is 2. The van der Waals surface area contributed by atoms with Crippen molar-refractivity contribution < 1.29 is 9.31 Å². The summed E-state index contributed by atoms with van der Waals surface area (Å²) >= 11 is 0. The van der Waals surface area contributed by atoms with E-state index in [1.165, 1.54) is 12.1 Å². The highest BCUT2D eigenvalue weighted by Gasteiger charge is 2.60. The molecule has 0 spiro atoms. The van der Waals surface area contributed by atoms with Gasteiger partial charge in [-0.1, -0.05) is 0 Å². The van der Waals surface area contributed by atoms with Gasteiger partial charge >= 0.3 is 0 Å². The Hall–Kier alpha value is -2.25. The highest BCUT2D eigenvalue weighted by Crippen LogP contribution is 2.46. The molecule has 0 atom stereocenters. The molecule has 0 saturated carbocycles. The lowest BCUT2D eigenvalue weighted by Crippen LogP contribution is -2.93. The molecule has 1 aromatic heterocycles. The first kappa shape index (κ1) is 22.4. The summed E-state index contributed by atoms with van der Waals surface area (Å²) in [6.45, 7) is 0. The lowest BCUT2D eigenvalue weighted by atomic mass is 9.26. The van der Waals surface area contributed by atoms with Gasteiger partial charge in [0, 0.05) is 17.8 Å². The Morgan fingerprint density at radius 1 is 0.800 bits per heavy atom. The van der Waals surface area contributed by atoms with Crippen LogP contribution in [0.3, 0.4) is 0 Å². The molecule has 30 heavy (non-hydrogen) atoms. The van der Waals surface area contributed by atoms with E-state index in [4.69, 9.17) is 62.8 Å². The van der Waals surface area contributed by atoms with Crippen LogP contribution in [-0.4, -0.2) is 99.0 Å². The van der Waals surface area contributed by atoms with Crippen molar-refractivity contribution >= 4 is 80.1 Å². The molecule has 7 nitrogen and oxygen atoms in total. The molecule has 2 heterocycles. The van der Waals surface area contributed by atoms with Crippen LogP contribution in [0, 0.1) is 15.9 Å². The Kier molecular flexibility index (Phi) is 5.15. The maximum Gasteiger partial charge on any atom is 0.269 e. The maximum absolute atomic E-state index is 13.3. The van der Waals surface area contributed by atoms with E-state index in [2.05, 4.69) is 9.97 Å². The molecule has 1 aliphatic rings. The highest BCUT2D eigenvalue weighted by atomic mass is 19.1. The van der Waals surface area contributed by atoms with Crippen LogP contribution in [0.2, 0.25) is 0 Å². The van der Waals surface area contributed by atoms with Crippen molar-refractivity contribution in [2.75, 3.05) is 9.80 Å². The number of nitro benzene ring substituents is 1. The SMILES string of the molecule is [B]C1([B])N(c2ccc([N+](=O)[O-])cc2)C([B])([B])C([B])([B])N(c2ncc(F)cn2)C1([B])[B]. The third-order valence-electron chi connectivity index (χ3n) is 4.89. The van der Waals surface area contributed by atoms with Crippen molar-refractivity contribution in [3.05, 3.63) is 52.6 Å². The quantitative estimate of drug-likeness (QED) is 0.342. The summed E-state index contributed by atoms with van der Waals surface area (Å²) in [6.07, 6.45) is 1.61. The Labute approximate surface area is 183 Å². The van der Waals surface area contributed by atoms with E-state index in [9.17, 15) is 14.5 Å². The lowest BCUT2D eigenvalue weighted by molar-refractivity contribution is -0.384. The molecule has 0 amide bonds. The number of hydrogen-bond acceptors (Lipinski definition) is 6. The van der Waals surface area contributed by atoms with Gasteiger partial charge in [0.15, 0.2) is 5.82 Å². The molecule has 16 radical (unpaired) electrons. The summed E-state index contributed by atoms with van der Waals surface area (Å²) in [5.74, 6) is -1.11. The molecule has 1 aromatic carbocycles. The molecule has 16 heteroatoms. The fourth-order valence-electron chi connectivity index (χ4n) is 3.23. The number of nitrogens with zero attached hydrogens (tertiary/aromatic N) is 5. The summed E-state index contributed by atoms with van der Waals surface area (Å²) in [6, 6.07) is 4.83. The van der Waals surface area contributed by atoms with Crippen molar-refractivity contribution in [3.63, 3.8) is 0 Å². The zero-order chi connectivity index (χ0) is 22.7. The normalized spacial score (nSPS) is 21.1. The molecule has 0 bridgehead atoms. The summed E-state index contributed by atoms with van der Waals surface area (Å²) < 4.78 is 13.3. The Balaban J connectivity index is 2.21. The van der Waals surface area contributed by atoms with Crippen molar-refractivity contribution in [2.24, 2.45) is 0 Å².